The van der Waals surface area contributed by atoms with E-state index >= 15 is 0 Å². The molecule has 0 aromatic heterocycles. The second-order valence-corrected chi connectivity index (χ2v) is 4.43. The first-order chi connectivity index (χ1) is 6.09. The molecule has 0 aliphatic heterocycles. The van der Waals surface area contributed by atoms with Gasteiger partial charge in [-0.15, -0.1) is 0 Å². The van der Waals surface area contributed by atoms with Gasteiger partial charge in [-0.2, -0.15) is 0 Å². The standard InChI is InChI=1S/C10H14INO/c1-7(8(2)13)12-10-5-3-4-9(11)6-10/h3-8,12-13H,1-2H3. The van der Waals surface area contributed by atoms with E-state index in [1.807, 2.05) is 25.1 Å². The second-order valence-electron chi connectivity index (χ2n) is 3.18. The molecule has 2 unspecified atom stereocenters. The van der Waals surface area contributed by atoms with Gasteiger partial charge >= 0.3 is 0 Å². The van der Waals surface area contributed by atoms with E-state index in [0.29, 0.717) is 0 Å². The molecule has 3 heteroatoms. The van der Waals surface area contributed by atoms with Crippen molar-refractivity contribution in [2.45, 2.75) is 26.0 Å². The van der Waals surface area contributed by atoms with Gasteiger partial charge in [0.2, 0.25) is 0 Å². The van der Waals surface area contributed by atoms with Crippen LogP contribution in [-0.2, 0) is 0 Å². The minimum absolute atomic E-state index is 0.0817. The summed E-state index contributed by atoms with van der Waals surface area (Å²) in [5, 5.41) is 12.5. The van der Waals surface area contributed by atoms with Crippen LogP contribution in [0, 0.1) is 3.57 Å². The predicted octanol–water partition coefficient (Wildman–Crippen LogP) is 2.47. The fourth-order valence-electron chi connectivity index (χ4n) is 0.962. The maximum absolute atomic E-state index is 9.29. The normalized spacial score (nSPS) is 15.1. The first kappa shape index (κ1) is 10.8. The summed E-state index contributed by atoms with van der Waals surface area (Å²) < 4.78 is 1.19. The van der Waals surface area contributed by atoms with E-state index in [-0.39, 0.29) is 12.1 Å². The van der Waals surface area contributed by atoms with Gasteiger partial charge in [0.1, 0.15) is 0 Å². The molecule has 0 aliphatic carbocycles. The summed E-state index contributed by atoms with van der Waals surface area (Å²) in [4.78, 5) is 0. The molecule has 0 aliphatic rings. The number of hydrogen-bond donors (Lipinski definition) is 2. The number of aliphatic hydroxyl groups is 1. The molecular weight excluding hydrogens is 277 g/mol. The van der Waals surface area contributed by atoms with Gasteiger partial charge in [0.25, 0.3) is 0 Å². The summed E-state index contributed by atoms with van der Waals surface area (Å²) in [7, 11) is 0. The molecule has 2 N–H and O–H groups in total. The van der Waals surface area contributed by atoms with E-state index in [1.54, 1.807) is 6.92 Å². The van der Waals surface area contributed by atoms with Gasteiger partial charge in [-0.1, -0.05) is 6.07 Å². The monoisotopic (exact) mass is 291 g/mol. The smallest absolute Gasteiger partial charge is 0.0710 e. The molecule has 1 aromatic rings. The van der Waals surface area contributed by atoms with Crippen LogP contribution in [0.5, 0.6) is 0 Å². The second kappa shape index (κ2) is 4.81. The molecule has 2 nitrogen and oxygen atoms in total. The molecule has 2 atom stereocenters. The Hall–Kier alpha value is -0.290. The van der Waals surface area contributed by atoms with E-state index in [4.69, 9.17) is 0 Å². The van der Waals surface area contributed by atoms with Gasteiger partial charge in [-0.05, 0) is 54.6 Å². The highest BCUT2D eigenvalue weighted by atomic mass is 127. The third-order valence-electron chi connectivity index (χ3n) is 1.94. The number of rotatable bonds is 3. The van der Waals surface area contributed by atoms with Gasteiger partial charge in [-0.25, -0.2) is 0 Å². The van der Waals surface area contributed by atoms with Crippen LogP contribution in [0.3, 0.4) is 0 Å². The van der Waals surface area contributed by atoms with Gasteiger partial charge < -0.3 is 10.4 Å². The first-order valence-electron chi connectivity index (χ1n) is 4.30. The number of aliphatic hydroxyl groups excluding tert-OH is 1. The SMILES string of the molecule is CC(O)C(C)Nc1cccc(I)c1. The summed E-state index contributed by atoms with van der Waals surface area (Å²) in [6, 6.07) is 8.18. The Morgan fingerprint density at radius 1 is 1.38 bits per heavy atom. The highest BCUT2D eigenvalue weighted by Crippen LogP contribution is 2.13. The fourth-order valence-corrected chi connectivity index (χ4v) is 1.50. The van der Waals surface area contributed by atoms with Crippen molar-refractivity contribution in [2.24, 2.45) is 0 Å². The van der Waals surface area contributed by atoms with Crippen molar-refractivity contribution in [3.8, 4) is 0 Å². The zero-order valence-electron chi connectivity index (χ0n) is 7.79. The minimum Gasteiger partial charge on any atom is -0.391 e. The molecule has 0 heterocycles. The van der Waals surface area contributed by atoms with Crippen LogP contribution >= 0.6 is 22.6 Å². The molecule has 0 amide bonds. The molecule has 0 fully saturated rings. The molecule has 0 bridgehead atoms. The minimum atomic E-state index is -0.335. The largest absolute Gasteiger partial charge is 0.391 e. The number of anilines is 1. The fraction of sp³-hybridized carbons (Fsp3) is 0.400. The van der Waals surface area contributed by atoms with Crippen LogP contribution in [-0.4, -0.2) is 17.3 Å². The molecule has 1 aromatic carbocycles. The Morgan fingerprint density at radius 2 is 2.08 bits per heavy atom. The molecule has 0 radical (unpaired) electrons. The first-order valence-corrected chi connectivity index (χ1v) is 5.37. The maximum atomic E-state index is 9.29. The lowest BCUT2D eigenvalue weighted by Crippen LogP contribution is -2.27. The Kier molecular flexibility index (Phi) is 3.99. The zero-order valence-corrected chi connectivity index (χ0v) is 9.95. The molecular formula is C10H14INO. The molecule has 13 heavy (non-hydrogen) atoms. The van der Waals surface area contributed by atoms with E-state index in [9.17, 15) is 5.11 Å². The van der Waals surface area contributed by atoms with Crippen molar-refractivity contribution in [3.63, 3.8) is 0 Å². The van der Waals surface area contributed by atoms with E-state index in [2.05, 4.69) is 34.0 Å². The lowest BCUT2D eigenvalue weighted by Gasteiger charge is -2.17. The summed E-state index contributed by atoms with van der Waals surface area (Å²) in [5.74, 6) is 0. The lowest BCUT2D eigenvalue weighted by atomic mass is 10.2. The van der Waals surface area contributed by atoms with Crippen LogP contribution < -0.4 is 5.32 Å². The van der Waals surface area contributed by atoms with Gasteiger partial charge in [0.05, 0.1) is 6.10 Å². The molecule has 0 spiro atoms. The van der Waals surface area contributed by atoms with Crippen LogP contribution in [0.2, 0.25) is 0 Å². The van der Waals surface area contributed by atoms with E-state index in [1.165, 1.54) is 3.57 Å². The van der Waals surface area contributed by atoms with Crippen molar-refractivity contribution < 1.29 is 5.11 Å². The Bertz CT molecular complexity index is 275. The maximum Gasteiger partial charge on any atom is 0.0710 e. The number of halogens is 1. The third kappa shape index (κ3) is 3.52. The molecule has 0 saturated carbocycles. The quantitative estimate of drug-likeness (QED) is 0.839. The van der Waals surface area contributed by atoms with Gasteiger partial charge in [0, 0.05) is 15.3 Å². The van der Waals surface area contributed by atoms with Crippen molar-refractivity contribution in [1.82, 2.24) is 0 Å². The van der Waals surface area contributed by atoms with Gasteiger partial charge in [-0.3, -0.25) is 0 Å². The average Bonchev–Trinajstić information content (AvgIpc) is 2.04. The lowest BCUT2D eigenvalue weighted by molar-refractivity contribution is 0.178. The van der Waals surface area contributed by atoms with E-state index in [0.717, 1.165) is 5.69 Å². The highest BCUT2D eigenvalue weighted by Gasteiger charge is 2.07. The molecule has 1 rings (SSSR count). The van der Waals surface area contributed by atoms with Crippen molar-refractivity contribution >= 4 is 28.3 Å². The van der Waals surface area contributed by atoms with Crippen LogP contribution in [0.15, 0.2) is 24.3 Å². The number of hydrogen-bond acceptors (Lipinski definition) is 2. The Balaban J connectivity index is 2.64. The van der Waals surface area contributed by atoms with Crippen molar-refractivity contribution in [2.75, 3.05) is 5.32 Å². The zero-order chi connectivity index (χ0) is 9.84. The van der Waals surface area contributed by atoms with Gasteiger partial charge in [0.15, 0.2) is 0 Å². The third-order valence-corrected chi connectivity index (χ3v) is 2.61. The van der Waals surface area contributed by atoms with Crippen molar-refractivity contribution in [1.29, 1.82) is 0 Å². The van der Waals surface area contributed by atoms with E-state index < -0.39 is 0 Å². The Labute approximate surface area is 92.5 Å². The summed E-state index contributed by atoms with van der Waals surface area (Å²) >= 11 is 2.27. The average molecular weight is 291 g/mol. The summed E-state index contributed by atoms with van der Waals surface area (Å²) in [6.45, 7) is 3.75. The number of nitrogens with one attached hydrogen (secondary N) is 1. The predicted molar refractivity (Wildman–Crippen MR) is 63.9 cm³/mol. The topological polar surface area (TPSA) is 32.3 Å². The van der Waals surface area contributed by atoms with Crippen LogP contribution in [0.25, 0.3) is 0 Å². The highest BCUT2D eigenvalue weighted by molar-refractivity contribution is 14.1. The number of benzene rings is 1. The Morgan fingerprint density at radius 3 is 2.62 bits per heavy atom. The summed E-state index contributed by atoms with van der Waals surface area (Å²) in [6.07, 6.45) is -0.335. The molecule has 0 saturated heterocycles. The molecule has 72 valence electrons. The van der Waals surface area contributed by atoms with Crippen LogP contribution in [0.1, 0.15) is 13.8 Å². The van der Waals surface area contributed by atoms with Crippen LogP contribution in [0.4, 0.5) is 5.69 Å². The van der Waals surface area contributed by atoms with Crippen molar-refractivity contribution in [3.05, 3.63) is 27.8 Å². The summed E-state index contributed by atoms with van der Waals surface area (Å²) in [5.41, 5.74) is 1.06.